The van der Waals surface area contributed by atoms with Crippen molar-refractivity contribution in [3.05, 3.63) is 82.8 Å². The van der Waals surface area contributed by atoms with Crippen LogP contribution in [0.5, 0.6) is 0 Å². The van der Waals surface area contributed by atoms with Crippen molar-refractivity contribution in [2.24, 2.45) is 0 Å². The molecule has 4 rings (SSSR count). The number of carbonyl (C=O) groups is 2. The van der Waals surface area contributed by atoms with Crippen LogP contribution in [0, 0.1) is 5.82 Å². The molecule has 6 heteroatoms. The first-order chi connectivity index (χ1) is 13.1. The molecule has 138 valence electrons. The Hall–Kier alpha value is -3.15. The lowest BCUT2D eigenvalue weighted by molar-refractivity contribution is -0.125. The lowest BCUT2D eigenvalue weighted by Crippen LogP contribution is -2.45. The summed E-state index contributed by atoms with van der Waals surface area (Å²) in [6.07, 6.45) is 0.725. The minimum absolute atomic E-state index is 0.152. The number of carbonyl (C=O) groups excluding carboxylic acids is 2. The fraction of sp³-hybridized carbons (Fsp3) is 0.238. The number of hydrogen-bond acceptors (Lipinski definition) is 2. The van der Waals surface area contributed by atoms with Gasteiger partial charge in [-0.05, 0) is 18.1 Å². The highest BCUT2D eigenvalue weighted by Crippen LogP contribution is 2.36. The highest BCUT2D eigenvalue weighted by molar-refractivity contribution is 6.01. The van der Waals surface area contributed by atoms with E-state index in [1.807, 2.05) is 30.3 Å². The van der Waals surface area contributed by atoms with Crippen molar-refractivity contribution in [3.8, 4) is 0 Å². The van der Waals surface area contributed by atoms with Crippen LogP contribution in [0.2, 0.25) is 0 Å². The summed E-state index contributed by atoms with van der Waals surface area (Å²) in [7, 11) is 1.64. The quantitative estimate of drug-likeness (QED) is 0.906. The number of nitrogens with zero attached hydrogens (tertiary/aromatic N) is 2. The molecule has 2 heterocycles. The van der Waals surface area contributed by atoms with Crippen LogP contribution in [0.25, 0.3) is 0 Å². The van der Waals surface area contributed by atoms with Gasteiger partial charge in [-0.3, -0.25) is 9.69 Å². The maximum atomic E-state index is 14.3. The first-order valence-electron chi connectivity index (χ1n) is 8.91. The summed E-state index contributed by atoms with van der Waals surface area (Å²) in [4.78, 5) is 28.6. The molecule has 3 amide bonds. The molecule has 0 aromatic heterocycles. The average Bonchev–Trinajstić information content (AvgIpc) is 3.01. The van der Waals surface area contributed by atoms with Crippen LogP contribution in [0.4, 0.5) is 9.18 Å². The maximum absolute atomic E-state index is 14.3. The Kier molecular flexibility index (Phi) is 4.39. The van der Waals surface area contributed by atoms with Crippen molar-refractivity contribution in [1.82, 2.24) is 15.1 Å². The minimum Gasteiger partial charge on any atom is -0.333 e. The predicted octanol–water partition coefficient (Wildman–Crippen LogP) is 2.86. The van der Waals surface area contributed by atoms with Crippen molar-refractivity contribution in [2.45, 2.75) is 12.5 Å². The largest absolute Gasteiger partial charge is 0.333 e. The van der Waals surface area contributed by atoms with Gasteiger partial charge in [-0.25, -0.2) is 9.18 Å². The zero-order valence-electron chi connectivity index (χ0n) is 15.0. The molecule has 2 aliphatic rings. The molecule has 0 saturated heterocycles. The summed E-state index contributed by atoms with van der Waals surface area (Å²) < 4.78 is 14.3. The monoisotopic (exact) mass is 365 g/mol. The molecule has 2 aromatic carbocycles. The van der Waals surface area contributed by atoms with Gasteiger partial charge >= 0.3 is 6.03 Å². The molecule has 0 spiro atoms. The van der Waals surface area contributed by atoms with Crippen LogP contribution in [0.1, 0.15) is 17.2 Å². The number of urea groups is 1. The van der Waals surface area contributed by atoms with E-state index in [0.29, 0.717) is 29.9 Å². The molecule has 27 heavy (non-hydrogen) atoms. The summed E-state index contributed by atoms with van der Waals surface area (Å²) in [5.74, 6) is -0.587. The van der Waals surface area contributed by atoms with Gasteiger partial charge in [0.25, 0.3) is 5.91 Å². The van der Waals surface area contributed by atoms with Gasteiger partial charge in [-0.2, -0.15) is 0 Å². The standard InChI is InChI=1S/C21H20FN3O2/c1-24-17-13-25(12-11-14-7-3-2-4-8-14)20(26)18(17)19(23-21(24)27)15-9-5-6-10-16(15)22/h2-10,19H,11-13H2,1H3,(H,23,27)/t19-/m1/s1. The van der Waals surface area contributed by atoms with Crippen LogP contribution in [-0.2, 0) is 11.2 Å². The number of likely N-dealkylation sites (N-methyl/N-ethyl adjacent to an activating group) is 1. The van der Waals surface area contributed by atoms with E-state index < -0.39 is 11.9 Å². The molecule has 0 fully saturated rings. The maximum Gasteiger partial charge on any atom is 0.322 e. The Morgan fingerprint density at radius 3 is 2.52 bits per heavy atom. The molecule has 0 aliphatic carbocycles. The minimum atomic E-state index is -0.765. The third kappa shape index (κ3) is 3.07. The van der Waals surface area contributed by atoms with Crippen molar-refractivity contribution in [3.63, 3.8) is 0 Å². The summed E-state index contributed by atoms with van der Waals surface area (Å²) >= 11 is 0. The van der Waals surface area contributed by atoms with Gasteiger partial charge in [-0.15, -0.1) is 0 Å². The zero-order chi connectivity index (χ0) is 19.0. The summed E-state index contributed by atoms with van der Waals surface area (Å²) in [6, 6.07) is 15.1. The van der Waals surface area contributed by atoms with Crippen LogP contribution in [0.15, 0.2) is 65.9 Å². The van der Waals surface area contributed by atoms with Crippen molar-refractivity contribution in [2.75, 3.05) is 20.1 Å². The van der Waals surface area contributed by atoms with Crippen molar-refractivity contribution >= 4 is 11.9 Å². The van der Waals surface area contributed by atoms with E-state index in [1.165, 1.54) is 11.0 Å². The van der Waals surface area contributed by atoms with Crippen LogP contribution in [-0.4, -0.2) is 41.9 Å². The number of amides is 3. The van der Waals surface area contributed by atoms with E-state index in [9.17, 15) is 14.0 Å². The molecule has 2 aromatic rings. The molecule has 0 saturated carbocycles. The van der Waals surface area contributed by atoms with Crippen LogP contribution in [0.3, 0.4) is 0 Å². The SMILES string of the molecule is CN1C(=O)N[C@H](c2ccccc2F)C2=C1CN(CCc1ccccc1)C2=O. The highest BCUT2D eigenvalue weighted by atomic mass is 19.1. The fourth-order valence-electron chi connectivity index (χ4n) is 3.66. The number of benzene rings is 2. The molecule has 1 atom stereocenters. The van der Waals surface area contributed by atoms with E-state index in [2.05, 4.69) is 5.32 Å². The van der Waals surface area contributed by atoms with Crippen LogP contribution >= 0.6 is 0 Å². The van der Waals surface area contributed by atoms with Gasteiger partial charge in [0, 0.05) is 19.2 Å². The van der Waals surface area contributed by atoms with Gasteiger partial charge in [0.2, 0.25) is 0 Å². The Labute approximate surface area is 157 Å². The Balaban J connectivity index is 1.61. The summed E-state index contributed by atoms with van der Waals surface area (Å²) in [5, 5.41) is 2.76. The van der Waals surface area contributed by atoms with Gasteiger partial charge in [-0.1, -0.05) is 48.5 Å². The highest BCUT2D eigenvalue weighted by Gasteiger charge is 2.43. The average molecular weight is 365 g/mol. The van der Waals surface area contributed by atoms with E-state index in [4.69, 9.17) is 0 Å². The molecular weight excluding hydrogens is 345 g/mol. The summed E-state index contributed by atoms with van der Waals surface area (Å²) in [6.45, 7) is 0.901. The first kappa shape index (κ1) is 17.3. The Morgan fingerprint density at radius 2 is 1.78 bits per heavy atom. The normalized spacial score (nSPS) is 19.4. The van der Waals surface area contributed by atoms with Gasteiger partial charge < -0.3 is 10.2 Å². The molecular formula is C21H20FN3O2. The molecule has 0 radical (unpaired) electrons. The zero-order valence-corrected chi connectivity index (χ0v) is 15.0. The van der Waals surface area contributed by atoms with E-state index >= 15 is 0 Å². The van der Waals surface area contributed by atoms with Crippen LogP contribution < -0.4 is 5.32 Å². The summed E-state index contributed by atoms with van der Waals surface area (Å²) in [5.41, 5.74) is 2.55. The second kappa shape index (κ2) is 6.87. The van der Waals surface area contributed by atoms with E-state index in [0.717, 1.165) is 12.0 Å². The molecule has 0 bridgehead atoms. The predicted molar refractivity (Wildman–Crippen MR) is 99.2 cm³/mol. The lowest BCUT2D eigenvalue weighted by atomic mass is 9.95. The third-order valence-corrected chi connectivity index (χ3v) is 5.16. The molecule has 1 N–H and O–H groups in total. The number of hydrogen-bond donors (Lipinski definition) is 1. The van der Waals surface area contributed by atoms with Crippen molar-refractivity contribution < 1.29 is 14.0 Å². The molecule has 2 aliphatic heterocycles. The number of rotatable bonds is 4. The topological polar surface area (TPSA) is 52.7 Å². The second-order valence-electron chi connectivity index (χ2n) is 6.79. The number of halogens is 1. The lowest BCUT2D eigenvalue weighted by Gasteiger charge is -2.31. The first-order valence-corrected chi connectivity index (χ1v) is 8.91. The third-order valence-electron chi connectivity index (χ3n) is 5.16. The molecule has 0 unspecified atom stereocenters. The second-order valence-corrected chi connectivity index (χ2v) is 6.79. The van der Waals surface area contributed by atoms with E-state index in [-0.39, 0.29) is 11.9 Å². The van der Waals surface area contributed by atoms with Gasteiger partial charge in [0.1, 0.15) is 5.82 Å². The Morgan fingerprint density at radius 1 is 1.07 bits per heavy atom. The molecule has 5 nitrogen and oxygen atoms in total. The number of nitrogens with one attached hydrogen (secondary N) is 1. The smallest absolute Gasteiger partial charge is 0.322 e. The van der Waals surface area contributed by atoms with Gasteiger partial charge in [0.05, 0.1) is 23.9 Å². The Bertz CT molecular complexity index is 926. The van der Waals surface area contributed by atoms with Crippen molar-refractivity contribution in [1.29, 1.82) is 0 Å². The van der Waals surface area contributed by atoms with Gasteiger partial charge in [0.15, 0.2) is 0 Å². The fourth-order valence-corrected chi connectivity index (χ4v) is 3.66. The van der Waals surface area contributed by atoms with E-state index in [1.54, 1.807) is 30.1 Å².